The molecule has 2 nitrogen and oxygen atoms in total. The van der Waals surface area contributed by atoms with Crippen molar-refractivity contribution in [2.24, 2.45) is 0 Å². The Balaban J connectivity index is 2.69. The molecule has 13 heavy (non-hydrogen) atoms. The zero-order chi connectivity index (χ0) is 9.26. The molecule has 2 rings (SSSR count). The van der Waals surface area contributed by atoms with Crippen LogP contribution in [0.4, 0.5) is 0 Å². The van der Waals surface area contributed by atoms with Gasteiger partial charge in [0.25, 0.3) is 0 Å². The van der Waals surface area contributed by atoms with Crippen molar-refractivity contribution in [3.05, 3.63) is 28.4 Å². The lowest BCUT2D eigenvalue weighted by molar-refractivity contribution is 0.639. The molecule has 0 N–H and O–H groups in total. The second kappa shape index (κ2) is 3.21. The molecule has 0 unspecified atom stereocenters. The summed E-state index contributed by atoms with van der Waals surface area (Å²) in [5.41, 5.74) is 1.32. The van der Waals surface area contributed by atoms with E-state index in [0.717, 1.165) is 13.0 Å². The zero-order valence-electron chi connectivity index (χ0n) is 8.12. The molecule has 0 saturated carbocycles. The van der Waals surface area contributed by atoms with Crippen LogP contribution in [-0.4, -0.2) is 9.78 Å². The van der Waals surface area contributed by atoms with E-state index in [-0.39, 0.29) is 0 Å². The highest BCUT2D eigenvalue weighted by molar-refractivity contribution is 5.48. The van der Waals surface area contributed by atoms with Crippen LogP contribution in [0.3, 0.4) is 0 Å². The number of nitrogens with zero attached hydrogens (tertiary/aromatic N) is 2. The van der Waals surface area contributed by atoms with Crippen LogP contribution in [0.1, 0.15) is 20.3 Å². The number of hydrogen-bond acceptors (Lipinski definition) is 1. The van der Waals surface area contributed by atoms with Gasteiger partial charge in [-0.25, -0.2) is 0 Å². The van der Waals surface area contributed by atoms with Gasteiger partial charge in [0, 0.05) is 11.8 Å². The molecule has 1 aliphatic carbocycles. The fourth-order valence-corrected chi connectivity index (χ4v) is 1.66. The van der Waals surface area contributed by atoms with Crippen molar-refractivity contribution >= 4 is 12.2 Å². The average Bonchev–Trinajstić information content (AvgIpc) is 2.39. The van der Waals surface area contributed by atoms with Gasteiger partial charge in [0.1, 0.15) is 0 Å². The number of aromatic nitrogens is 2. The van der Waals surface area contributed by atoms with Crippen molar-refractivity contribution < 1.29 is 0 Å². The first-order valence-corrected chi connectivity index (χ1v) is 4.72. The van der Waals surface area contributed by atoms with Gasteiger partial charge in [-0.05, 0) is 26.3 Å². The molecule has 0 saturated heterocycles. The molecular formula is C11H14N2. The summed E-state index contributed by atoms with van der Waals surface area (Å²) in [5.74, 6) is 0. The van der Waals surface area contributed by atoms with Crippen LogP contribution in [0.25, 0.3) is 12.2 Å². The third kappa shape index (κ3) is 1.44. The normalized spacial score (nSPS) is 15.1. The van der Waals surface area contributed by atoms with Crippen molar-refractivity contribution in [2.45, 2.75) is 26.8 Å². The van der Waals surface area contributed by atoms with Crippen molar-refractivity contribution in [1.82, 2.24) is 9.78 Å². The van der Waals surface area contributed by atoms with Crippen molar-refractivity contribution in [2.75, 3.05) is 0 Å². The molecule has 0 spiro atoms. The van der Waals surface area contributed by atoms with E-state index in [1.807, 2.05) is 10.9 Å². The summed E-state index contributed by atoms with van der Waals surface area (Å²) >= 11 is 0. The molecule has 0 atom stereocenters. The number of fused-ring (bicyclic) bond motifs is 1. The highest BCUT2D eigenvalue weighted by atomic mass is 15.3. The molecule has 1 heterocycles. The Bertz CT molecular complexity index is 449. The first-order valence-electron chi connectivity index (χ1n) is 4.72. The van der Waals surface area contributed by atoms with Gasteiger partial charge in [0.15, 0.2) is 0 Å². The van der Waals surface area contributed by atoms with E-state index < -0.39 is 0 Å². The van der Waals surface area contributed by atoms with E-state index in [9.17, 15) is 0 Å². The zero-order valence-corrected chi connectivity index (χ0v) is 8.12. The maximum atomic E-state index is 4.32. The van der Waals surface area contributed by atoms with E-state index in [1.54, 1.807) is 0 Å². The first kappa shape index (κ1) is 8.30. The van der Waals surface area contributed by atoms with Crippen molar-refractivity contribution in [1.29, 1.82) is 0 Å². The minimum atomic E-state index is 0.943. The molecule has 0 radical (unpaired) electrons. The minimum Gasteiger partial charge on any atom is -0.265 e. The Morgan fingerprint density at radius 1 is 1.46 bits per heavy atom. The highest BCUT2D eigenvalue weighted by Crippen LogP contribution is 1.99. The Labute approximate surface area is 77.9 Å². The number of hydrogen-bond donors (Lipinski definition) is 0. The highest BCUT2D eigenvalue weighted by Gasteiger charge is 1.97. The van der Waals surface area contributed by atoms with E-state index in [2.05, 4.69) is 37.2 Å². The molecule has 0 amide bonds. The topological polar surface area (TPSA) is 17.8 Å². The van der Waals surface area contributed by atoms with Crippen LogP contribution in [0.2, 0.25) is 0 Å². The van der Waals surface area contributed by atoms with E-state index >= 15 is 0 Å². The van der Waals surface area contributed by atoms with Crippen LogP contribution < -0.4 is 10.6 Å². The second-order valence-corrected chi connectivity index (χ2v) is 3.33. The quantitative estimate of drug-likeness (QED) is 0.616. The summed E-state index contributed by atoms with van der Waals surface area (Å²) in [7, 11) is 0. The molecule has 68 valence electrons. The molecule has 1 aromatic heterocycles. The van der Waals surface area contributed by atoms with Gasteiger partial charge in [-0.2, -0.15) is 5.10 Å². The molecule has 1 aliphatic rings. The summed E-state index contributed by atoms with van der Waals surface area (Å²) in [6.45, 7) is 5.19. The molecular weight excluding hydrogens is 160 g/mol. The van der Waals surface area contributed by atoms with Crippen LogP contribution in [0.5, 0.6) is 0 Å². The van der Waals surface area contributed by atoms with E-state index in [4.69, 9.17) is 0 Å². The smallest absolute Gasteiger partial charge is 0.0645 e. The SMILES string of the molecule is CCn1ncc2c1=CCC=C(C)C=2. The van der Waals surface area contributed by atoms with Gasteiger partial charge in [-0.15, -0.1) is 0 Å². The molecule has 0 aliphatic heterocycles. The molecule has 0 bridgehead atoms. The predicted molar refractivity (Wildman–Crippen MR) is 54.5 cm³/mol. The van der Waals surface area contributed by atoms with Gasteiger partial charge in [-0.3, -0.25) is 4.68 Å². The molecule has 0 aromatic carbocycles. The van der Waals surface area contributed by atoms with Crippen molar-refractivity contribution in [3.63, 3.8) is 0 Å². The van der Waals surface area contributed by atoms with Gasteiger partial charge in [0.05, 0.1) is 11.5 Å². The van der Waals surface area contributed by atoms with Crippen LogP contribution >= 0.6 is 0 Å². The van der Waals surface area contributed by atoms with Crippen LogP contribution in [0, 0.1) is 0 Å². The summed E-state index contributed by atoms with van der Waals surface area (Å²) in [5, 5.41) is 6.82. The summed E-state index contributed by atoms with van der Waals surface area (Å²) in [4.78, 5) is 0. The third-order valence-corrected chi connectivity index (χ3v) is 2.34. The number of allylic oxidation sites excluding steroid dienone is 2. The summed E-state index contributed by atoms with van der Waals surface area (Å²) in [6.07, 6.45) is 9.62. The van der Waals surface area contributed by atoms with Gasteiger partial charge >= 0.3 is 0 Å². The Morgan fingerprint density at radius 3 is 3.08 bits per heavy atom. The average molecular weight is 174 g/mol. The van der Waals surface area contributed by atoms with E-state index in [0.29, 0.717) is 0 Å². The van der Waals surface area contributed by atoms with Crippen LogP contribution in [-0.2, 0) is 6.54 Å². The Morgan fingerprint density at radius 2 is 2.31 bits per heavy atom. The van der Waals surface area contributed by atoms with Gasteiger partial charge in [0.2, 0.25) is 0 Å². The lowest BCUT2D eigenvalue weighted by Gasteiger charge is -1.93. The fourth-order valence-electron chi connectivity index (χ4n) is 1.66. The van der Waals surface area contributed by atoms with Gasteiger partial charge in [-0.1, -0.05) is 17.7 Å². The van der Waals surface area contributed by atoms with Crippen LogP contribution in [0.15, 0.2) is 17.8 Å². The Kier molecular flexibility index (Phi) is 2.05. The van der Waals surface area contributed by atoms with Gasteiger partial charge < -0.3 is 0 Å². The summed E-state index contributed by atoms with van der Waals surface area (Å²) in [6, 6.07) is 0. The third-order valence-electron chi connectivity index (χ3n) is 2.34. The molecule has 1 aromatic rings. The maximum absolute atomic E-state index is 4.32. The standard InChI is InChI=1S/C11H14N2/c1-3-13-11-6-4-5-9(2)7-10(11)8-12-13/h5-8H,3-4H2,1-2H3. The van der Waals surface area contributed by atoms with E-state index in [1.165, 1.54) is 16.1 Å². The lowest BCUT2D eigenvalue weighted by Crippen LogP contribution is -2.28. The monoisotopic (exact) mass is 174 g/mol. The first-order chi connectivity index (χ1) is 6.31. The summed E-state index contributed by atoms with van der Waals surface area (Å²) < 4.78 is 2.04. The Hall–Kier alpha value is -1.31. The molecule has 0 fully saturated rings. The van der Waals surface area contributed by atoms with Crippen molar-refractivity contribution in [3.8, 4) is 0 Å². The fraction of sp³-hybridized carbons (Fsp3) is 0.364. The predicted octanol–water partition coefficient (Wildman–Crippen LogP) is 0.814. The molecule has 2 heteroatoms. The largest absolute Gasteiger partial charge is 0.265 e. The maximum Gasteiger partial charge on any atom is 0.0645 e. The minimum absolute atomic E-state index is 0.943. The number of aryl methyl sites for hydroxylation is 1. The lowest BCUT2D eigenvalue weighted by atomic mass is 10.2. The second-order valence-electron chi connectivity index (χ2n) is 3.33. The number of rotatable bonds is 1.